The molecule has 0 aromatic rings. The van der Waals surface area contributed by atoms with Gasteiger partial charge < -0.3 is 0 Å². The fourth-order valence-corrected chi connectivity index (χ4v) is 3.01. The van der Waals surface area contributed by atoms with Crippen molar-refractivity contribution >= 4 is 12.6 Å². The molecule has 0 aromatic carbocycles. The molecule has 0 radical (unpaired) electrons. The Morgan fingerprint density at radius 2 is 1.69 bits per heavy atom. The third-order valence-electron chi connectivity index (χ3n) is 4.11. The van der Waals surface area contributed by atoms with Crippen LogP contribution in [0.5, 0.6) is 0 Å². The fourth-order valence-electron chi connectivity index (χ4n) is 2.47. The molecule has 0 bridgehead atoms. The average molecular weight is 244 g/mol. The predicted molar refractivity (Wildman–Crippen MR) is 75.3 cm³/mol. The topological polar surface area (TPSA) is 6.48 Å². The van der Waals surface area contributed by atoms with Crippen LogP contribution in [0, 0.1) is 11.8 Å². The van der Waals surface area contributed by atoms with E-state index in [9.17, 15) is 0 Å². The highest BCUT2D eigenvalue weighted by Crippen LogP contribution is 2.19. The van der Waals surface area contributed by atoms with Gasteiger partial charge in [0.15, 0.2) is 0 Å². The minimum Gasteiger partial charge on any atom is -0.300 e. The predicted octanol–water partition coefficient (Wildman–Crippen LogP) is 2.21. The second kappa shape index (κ2) is 6.27. The van der Waals surface area contributed by atoms with Crippen LogP contribution in [0.1, 0.15) is 27.7 Å². The Hall–Kier alpha value is 0.270. The van der Waals surface area contributed by atoms with Crippen LogP contribution >= 0.6 is 12.6 Å². The maximum Gasteiger partial charge on any atom is 0.0195 e. The molecule has 16 heavy (non-hydrogen) atoms. The summed E-state index contributed by atoms with van der Waals surface area (Å²) in [5.41, 5.74) is 0. The van der Waals surface area contributed by atoms with Crippen LogP contribution in [0.15, 0.2) is 0 Å². The Balaban J connectivity index is 2.49. The minimum atomic E-state index is 0.677. The van der Waals surface area contributed by atoms with Crippen LogP contribution in [0.4, 0.5) is 0 Å². The van der Waals surface area contributed by atoms with E-state index in [1.165, 1.54) is 19.6 Å². The summed E-state index contributed by atoms with van der Waals surface area (Å²) >= 11 is 4.48. The first-order chi connectivity index (χ1) is 7.45. The van der Waals surface area contributed by atoms with Crippen LogP contribution in [-0.2, 0) is 0 Å². The third-order valence-corrected chi connectivity index (χ3v) is 4.57. The van der Waals surface area contributed by atoms with Gasteiger partial charge in [-0.3, -0.25) is 9.80 Å². The standard InChI is InChI=1S/C13H28N2S/c1-10(2)13(9-16)8-15-6-11(3)14(5)12(4)7-15/h10-13,16H,6-9H2,1-5H3. The zero-order valence-corrected chi connectivity index (χ0v) is 12.4. The molecule has 0 spiro atoms. The van der Waals surface area contributed by atoms with E-state index in [4.69, 9.17) is 0 Å². The monoisotopic (exact) mass is 244 g/mol. The second-order valence-electron chi connectivity index (χ2n) is 5.77. The highest BCUT2D eigenvalue weighted by molar-refractivity contribution is 7.80. The lowest BCUT2D eigenvalue weighted by Gasteiger charge is -2.43. The van der Waals surface area contributed by atoms with Crippen molar-refractivity contribution in [3.63, 3.8) is 0 Å². The van der Waals surface area contributed by atoms with Crippen molar-refractivity contribution in [2.45, 2.75) is 39.8 Å². The zero-order chi connectivity index (χ0) is 12.3. The quantitative estimate of drug-likeness (QED) is 0.758. The number of rotatable bonds is 4. The van der Waals surface area contributed by atoms with Gasteiger partial charge in [-0.25, -0.2) is 0 Å². The number of hydrogen-bond donors (Lipinski definition) is 1. The lowest BCUT2D eigenvalue weighted by Crippen LogP contribution is -2.56. The van der Waals surface area contributed by atoms with Gasteiger partial charge in [-0.2, -0.15) is 12.6 Å². The number of piperazine rings is 1. The summed E-state index contributed by atoms with van der Waals surface area (Å²) in [5, 5.41) is 0. The van der Waals surface area contributed by atoms with Gasteiger partial charge >= 0.3 is 0 Å². The van der Waals surface area contributed by atoms with Crippen LogP contribution in [0.2, 0.25) is 0 Å². The van der Waals surface area contributed by atoms with Gasteiger partial charge in [0.05, 0.1) is 0 Å². The van der Waals surface area contributed by atoms with E-state index in [2.05, 4.69) is 57.2 Å². The summed E-state index contributed by atoms with van der Waals surface area (Å²) < 4.78 is 0. The number of hydrogen-bond acceptors (Lipinski definition) is 3. The largest absolute Gasteiger partial charge is 0.300 e. The van der Waals surface area contributed by atoms with Crippen molar-refractivity contribution in [3.05, 3.63) is 0 Å². The Morgan fingerprint density at radius 3 is 2.06 bits per heavy atom. The van der Waals surface area contributed by atoms with Crippen LogP contribution in [0.3, 0.4) is 0 Å². The van der Waals surface area contributed by atoms with E-state index in [0.29, 0.717) is 12.1 Å². The molecule has 3 heteroatoms. The molecule has 1 aliphatic rings. The second-order valence-corrected chi connectivity index (χ2v) is 6.13. The van der Waals surface area contributed by atoms with Crippen LogP contribution < -0.4 is 0 Å². The number of nitrogens with zero attached hydrogens (tertiary/aromatic N) is 2. The molecule has 1 fully saturated rings. The normalized spacial score (nSPS) is 30.9. The van der Waals surface area contributed by atoms with E-state index in [-0.39, 0.29) is 0 Å². The average Bonchev–Trinajstić information content (AvgIpc) is 2.21. The minimum absolute atomic E-state index is 0.677. The first-order valence-corrected chi connectivity index (χ1v) is 7.14. The SMILES string of the molecule is CC(C)C(CS)CN1CC(C)N(C)C(C)C1. The Morgan fingerprint density at radius 1 is 1.19 bits per heavy atom. The molecule has 1 rings (SSSR count). The Bertz CT molecular complexity index is 196. The van der Waals surface area contributed by atoms with Gasteiger partial charge in [-0.1, -0.05) is 13.8 Å². The van der Waals surface area contributed by atoms with Gasteiger partial charge in [0.2, 0.25) is 0 Å². The van der Waals surface area contributed by atoms with E-state index in [1.54, 1.807) is 0 Å². The summed E-state index contributed by atoms with van der Waals surface area (Å²) in [6, 6.07) is 1.35. The van der Waals surface area contributed by atoms with Gasteiger partial charge in [-0.05, 0) is 38.5 Å². The molecule has 0 aliphatic carbocycles. The molecule has 0 aromatic heterocycles. The number of thiol groups is 1. The van der Waals surface area contributed by atoms with Crippen molar-refractivity contribution in [3.8, 4) is 0 Å². The van der Waals surface area contributed by atoms with Gasteiger partial charge in [0.25, 0.3) is 0 Å². The molecule has 3 atom stereocenters. The van der Waals surface area contributed by atoms with E-state index < -0.39 is 0 Å². The maximum atomic E-state index is 4.48. The molecule has 1 aliphatic heterocycles. The lowest BCUT2D eigenvalue weighted by atomic mass is 9.96. The third kappa shape index (κ3) is 3.64. The van der Waals surface area contributed by atoms with E-state index >= 15 is 0 Å². The summed E-state index contributed by atoms with van der Waals surface area (Å²) in [7, 11) is 2.24. The van der Waals surface area contributed by atoms with Crippen molar-refractivity contribution in [1.29, 1.82) is 0 Å². The van der Waals surface area contributed by atoms with Crippen molar-refractivity contribution < 1.29 is 0 Å². The first-order valence-electron chi connectivity index (χ1n) is 6.50. The number of likely N-dealkylation sites (N-methyl/N-ethyl adjacent to an activating group) is 1. The fraction of sp³-hybridized carbons (Fsp3) is 1.00. The summed E-state index contributed by atoms with van der Waals surface area (Å²) in [6.45, 7) is 12.9. The molecular formula is C13H28N2S. The Kier molecular flexibility index (Phi) is 5.62. The lowest BCUT2D eigenvalue weighted by molar-refractivity contribution is 0.0485. The van der Waals surface area contributed by atoms with Gasteiger partial charge in [-0.15, -0.1) is 0 Å². The molecular weight excluding hydrogens is 216 g/mol. The zero-order valence-electron chi connectivity index (χ0n) is 11.5. The van der Waals surface area contributed by atoms with Crippen LogP contribution in [-0.4, -0.2) is 54.3 Å². The van der Waals surface area contributed by atoms with Crippen LogP contribution in [0.25, 0.3) is 0 Å². The van der Waals surface area contributed by atoms with E-state index in [1.807, 2.05) is 0 Å². The van der Waals surface area contributed by atoms with Gasteiger partial charge in [0.1, 0.15) is 0 Å². The smallest absolute Gasteiger partial charge is 0.0195 e. The first kappa shape index (κ1) is 14.3. The molecule has 1 saturated heterocycles. The Labute approximate surface area is 107 Å². The highest BCUT2D eigenvalue weighted by atomic mass is 32.1. The summed E-state index contributed by atoms with van der Waals surface area (Å²) in [5.74, 6) is 2.47. The molecule has 2 nitrogen and oxygen atoms in total. The molecule has 96 valence electrons. The van der Waals surface area contributed by atoms with Crippen molar-refractivity contribution in [1.82, 2.24) is 9.80 Å². The molecule has 0 saturated carbocycles. The van der Waals surface area contributed by atoms with E-state index in [0.717, 1.165) is 17.6 Å². The molecule has 0 amide bonds. The molecule has 3 unspecified atom stereocenters. The molecule has 0 N–H and O–H groups in total. The van der Waals surface area contributed by atoms with Crippen molar-refractivity contribution in [2.75, 3.05) is 32.4 Å². The summed E-state index contributed by atoms with van der Waals surface area (Å²) in [6.07, 6.45) is 0. The maximum absolute atomic E-state index is 4.48. The van der Waals surface area contributed by atoms with Gasteiger partial charge in [0, 0.05) is 31.7 Å². The molecule has 1 heterocycles. The van der Waals surface area contributed by atoms with Crippen molar-refractivity contribution in [2.24, 2.45) is 11.8 Å². The summed E-state index contributed by atoms with van der Waals surface area (Å²) in [4.78, 5) is 5.11. The highest BCUT2D eigenvalue weighted by Gasteiger charge is 2.28.